The van der Waals surface area contributed by atoms with Gasteiger partial charge in [0.2, 0.25) is 0 Å². The van der Waals surface area contributed by atoms with E-state index in [1.54, 1.807) is 12.1 Å². The number of amides is 1. The van der Waals surface area contributed by atoms with Gasteiger partial charge in [-0.05, 0) is 19.1 Å². The number of hydrogen-bond acceptors (Lipinski definition) is 4. The van der Waals surface area contributed by atoms with Gasteiger partial charge in [0.15, 0.2) is 5.50 Å². The fraction of sp³-hybridized carbons (Fsp3) is 0.250. The van der Waals surface area contributed by atoms with E-state index in [2.05, 4.69) is 10.3 Å². The van der Waals surface area contributed by atoms with Crippen LogP contribution in [0.25, 0.3) is 0 Å². The standard InChI is InChI=1S/C12H12N2O3S/c1-7-2-4-8(5-3-7)10(15)14-12-13-9(6-18-12)11(16)17/h2-5,12H,6H2,1H3,(H,14,15)(H,16,17). The Bertz CT molecular complexity index is 511. The molecule has 18 heavy (non-hydrogen) atoms. The van der Waals surface area contributed by atoms with Crippen molar-refractivity contribution in [3.63, 3.8) is 0 Å². The predicted octanol–water partition coefficient (Wildman–Crippen LogP) is 1.28. The summed E-state index contributed by atoms with van der Waals surface area (Å²) >= 11 is 1.29. The van der Waals surface area contributed by atoms with Gasteiger partial charge in [-0.1, -0.05) is 17.7 Å². The smallest absolute Gasteiger partial charge is 0.350 e. The first kappa shape index (κ1) is 12.6. The molecule has 1 amide bonds. The Morgan fingerprint density at radius 1 is 1.39 bits per heavy atom. The summed E-state index contributed by atoms with van der Waals surface area (Å²) in [6.45, 7) is 1.94. The van der Waals surface area contributed by atoms with Crippen LogP contribution in [0.4, 0.5) is 0 Å². The molecule has 94 valence electrons. The van der Waals surface area contributed by atoms with Crippen LogP contribution in [0, 0.1) is 6.92 Å². The molecule has 0 saturated carbocycles. The van der Waals surface area contributed by atoms with Gasteiger partial charge in [-0.2, -0.15) is 0 Å². The molecule has 0 saturated heterocycles. The van der Waals surface area contributed by atoms with Crippen LogP contribution in [0.1, 0.15) is 15.9 Å². The molecule has 1 unspecified atom stereocenters. The van der Waals surface area contributed by atoms with Crippen LogP contribution < -0.4 is 5.32 Å². The number of nitrogens with zero attached hydrogens (tertiary/aromatic N) is 1. The Hall–Kier alpha value is -1.82. The third-order valence-electron chi connectivity index (χ3n) is 2.47. The first-order valence-electron chi connectivity index (χ1n) is 5.35. The summed E-state index contributed by atoms with van der Waals surface area (Å²) in [4.78, 5) is 26.4. The molecule has 5 nitrogen and oxygen atoms in total. The second kappa shape index (κ2) is 5.22. The SMILES string of the molecule is Cc1ccc(C(=O)NC2N=C(C(=O)O)CS2)cc1. The number of nitrogens with one attached hydrogen (secondary N) is 1. The molecule has 0 aromatic heterocycles. The lowest BCUT2D eigenvalue weighted by Gasteiger charge is -2.09. The average Bonchev–Trinajstić information content (AvgIpc) is 2.78. The quantitative estimate of drug-likeness (QED) is 0.862. The number of carbonyl (C=O) groups is 2. The summed E-state index contributed by atoms with van der Waals surface area (Å²) in [5.41, 5.74) is 1.20. The number of carboxylic acid groups (broad SMARTS) is 1. The lowest BCUT2D eigenvalue weighted by molar-refractivity contribution is -0.129. The van der Waals surface area contributed by atoms with Crippen molar-refractivity contribution in [1.29, 1.82) is 0 Å². The van der Waals surface area contributed by atoms with Crippen LogP contribution in [0.3, 0.4) is 0 Å². The Balaban J connectivity index is 2.01. The van der Waals surface area contributed by atoms with Gasteiger partial charge >= 0.3 is 5.97 Å². The number of aliphatic imine (C=N–C) groups is 1. The van der Waals surface area contributed by atoms with Crippen LogP contribution in [0.2, 0.25) is 0 Å². The van der Waals surface area contributed by atoms with E-state index in [1.165, 1.54) is 11.8 Å². The minimum atomic E-state index is -1.03. The maximum absolute atomic E-state index is 11.8. The van der Waals surface area contributed by atoms with Crippen LogP contribution >= 0.6 is 11.8 Å². The third kappa shape index (κ3) is 2.89. The number of rotatable bonds is 3. The number of benzene rings is 1. The summed E-state index contributed by atoms with van der Waals surface area (Å²) in [5.74, 6) is -0.966. The van der Waals surface area contributed by atoms with Crippen LogP contribution in [0.15, 0.2) is 29.3 Å². The molecule has 1 aromatic rings. The van der Waals surface area contributed by atoms with Crippen molar-refractivity contribution in [1.82, 2.24) is 5.32 Å². The van der Waals surface area contributed by atoms with Gasteiger partial charge in [0.25, 0.3) is 5.91 Å². The maximum atomic E-state index is 11.8. The molecule has 0 fully saturated rings. The molecule has 6 heteroatoms. The molecular weight excluding hydrogens is 252 g/mol. The highest BCUT2D eigenvalue weighted by Crippen LogP contribution is 2.18. The highest BCUT2D eigenvalue weighted by molar-refractivity contribution is 8.01. The topological polar surface area (TPSA) is 78.8 Å². The number of carboxylic acids is 1. The fourth-order valence-electron chi connectivity index (χ4n) is 1.47. The van der Waals surface area contributed by atoms with Crippen molar-refractivity contribution in [2.45, 2.75) is 12.4 Å². The molecule has 2 rings (SSSR count). The first-order valence-corrected chi connectivity index (χ1v) is 6.40. The van der Waals surface area contributed by atoms with E-state index in [9.17, 15) is 9.59 Å². The van der Waals surface area contributed by atoms with Gasteiger partial charge in [0, 0.05) is 11.3 Å². The number of hydrogen-bond donors (Lipinski definition) is 2. The van der Waals surface area contributed by atoms with Gasteiger partial charge in [-0.15, -0.1) is 11.8 Å². The average molecular weight is 264 g/mol. The molecule has 0 radical (unpaired) electrons. The van der Waals surface area contributed by atoms with E-state index in [1.807, 2.05) is 19.1 Å². The molecule has 2 N–H and O–H groups in total. The van der Waals surface area contributed by atoms with E-state index in [0.717, 1.165) is 5.56 Å². The zero-order chi connectivity index (χ0) is 13.1. The summed E-state index contributed by atoms with van der Waals surface area (Å²) < 4.78 is 0. The molecule has 1 atom stereocenters. The molecule has 0 spiro atoms. The molecule has 1 aromatic carbocycles. The number of carbonyl (C=O) groups excluding carboxylic acids is 1. The maximum Gasteiger partial charge on any atom is 0.350 e. The molecule has 1 aliphatic heterocycles. The van der Waals surface area contributed by atoms with Crippen molar-refractivity contribution in [2.75, 3.05) is 5.75 Å². The third-order valence-corrected chi connectivity index (χ3v) is 3.45. The van der Waals surface area contributed by atoms with Gasteiger partial charge in [-0.25, -0.2) is 9.79 Å². The molecule has 1 heterocycles. The van der Waals surface area contributed by atoms with E-state index < -0.39 is 11.5 Å². The van der Waals surface area contributed by atoms with Crippen molar-refractivity contribution < 1.29 is 14.7 Å². The molecular formula is C12H12N2O3S. The highest BCUT2D eigenvalue weighted by atomic mass is 32.2. The second-order valence-corrected chi connectivity index (χ2v) is 4.95. The fourth-order valence-corrected chi connectivity index (χ4v) is 2.37. The van der Waals surface area contributed by atoms with E-state index >= 15 is 0 Å². The molecule has 0 aliphatic carbocycles. The predicted molar refractivity (Wildman–Crippen MR) is 70.0 cm³/mol. The largest absolute Gasteiger partial charge is 0.477 e. The monoisotopic (exact) mass is 264 g/mol. The zero-order valence-electron chi connectivity index (χ0n) is 9.71. The van der Waals surface area contributed by atoms with Gasteiger partial charge in [0.05, 0.1) is 0 Å². The van der Waals surface area contributed by atoms with Gasteiger partial charge in [-0.3, -0.25) is 4.79 Å². The lowest BCUT2D eigenvalue weighted by Crippen LogP contribution is -2.30. The van der Waals surface area contributed by atoms with Gasteiger partial charge < -0.3 is 10.4 Å². The van der Waals surface area contributed by atoms with E-state index in [0.29, 0.717) is 11.3 Å². The van der Waals surface area contributed by atoms with E-state index in [-0.39, 0.29) is 11.6 Å². The van der Waals surface area contributed by atoms with Crippen molar-refractivity contribution in [3.8, 4) is 0 Å². The Morgan fingerprint density at radius 2 is 2.06 bits per heavy atom. The Kier molecular flexibility index (Phi) is 3.66. The van der Waals surface area contributed by atoms with Crippen molar-refractivity contribution in [3.05, 3.63) is 35.4 Å². The zero-order valence-corrected chi connectivity index (χ0v) is 10.5. The second-order valence-electron chi connectivity index (χ2n) is 3.88. The number of thioether (sulfide) groups is 1. The summed E-state index contributed by atoms with van der Waals surface area (Å²) in [6.07, 6.45) is 0. The van der Waals surface area contributed by atoms with E-state index in [4.69, 9.17) is 5.11 Å². The van der Waals surface area contributed by atoms with Crippen LogP contribution in [-0.2, 0) is 4.79 Å². The van der Waals surface area contributed by atoms with Gasteiger partial charge in [0.1, 0.15) is 5.71 Å². The summed E-state index contributed by atoms with van der Waals surface area (Å²) in [7, 11) is 0. The molecule has 0 bridgehead atoms. The minimum Gasteiger partial charge on any atom is -0.477 e. The Labute approximate surface area is 108 Å². The van der Waals surface area contributed by atoms with Crippen LogP contribution in [0.5, 0.6) is 0 Å². The number of aliphatic carboxylic acids is 1. The Morgan fingerprint density at radius 3 is 2.61 bits per heavy atom. The van der Waals surface area contributed by atoms with Crippen LogP contribution in [-0.4, -0.2) is 33.9 Å². The first-order chi connectivity index (χ1) is 8.56. The number of aryl methyl sites for hydroxylation is 1. The van der Waals surface area contributed by atoms with Crippen molar-refractivity contribution >= 4 is 29.4 Å². The summed E-state index contributed by atoms with van der Waals surface area (Å²) in [6, 6.07) is 7.16. The van der Waals surface area contributed by atoms with Crippen molar-refractivity contribution in [2.24, 2.45) is 4.99 Å². The highest BCUT2D eigenvalue weighted by Gasteiger charge is 2.24. The lowest BCUT2D eigenvalue weighted by atomic mass is 10.1. The molecule has 1 aliphatic rings. The normalized spacial score (nSPS) is 18.3. The minimum absolute atomic E-state index is 0.0919. The summed E-state index contributed by atoms with van der Waals surface area (Å²) in [5, 5.41) is 11.4.